The molecule has 35 heavy (non-hydrogen) atoms. The van der Waals surface area contributed by atoms with Crippen LogP contribution in [0, 0.1) is 0 Å². The molecule has 0 amide bonds. The Morgan fingerprint density at radius 2 is 1.40 bits per heavy atom. The number of rotatable bonds is 15. The van der Waals surface area contributed by atoms with Crippen LogP contribution in [0.1, 0.15) is 48.0 Å². The SMILES string of the molecule is CCC(C)([PH](=O)O)C(C)(C)OCC(C)(C)OCCSC(F)(F)C(F)OC(F)(F)C(F)(F)C(F)(F)F. The number of hydrogen-bond donors (Lipinski definition) is 1. The zero-order valence-corrected chi connectivity index (χ0v) is 21.5. The molecule has 17 heteroatoms. The van der Waals surface area contributed by atoms with E-state index in [9.17, 15) is 53.4 Å². The Labute approximate surface area is 201 Å². The van der Waals surface area contributed by atoms with Gasteiger partial charge in [0.15, 0.2) is 8.03 Å². The van der Waals surface area contributed by atoms with Crippen molar-refractivity contribution in [2.24, 2.45) is 0 Å². The summed E-state index contributed by atoms with van der Waals surface area (Å²) in [4.78, 5) is 9.66. The fourth-order valence-electron chi connectivity index (χ4n) is 2.39. The fraction of sp³-hybridized carbons (Fsp3) is 1.00. The molecule has 0 spiro atoms. The van der Waals surface area contributed by atoms with Gasteiger partial charge in [-0.05, 0) is 41.0 Å². The predicted molar refractivity (Wildman–Crippen MR) is 109 cm³/mol. The number of ether oxygens (including phenoxy) is 3. The molecule has 0 aromatic rings. The van der Waals surface area contributed by atoms with Gasteiger partial charge in [0.1, 0.15) is 0 Å². The molecule has 212 valence electrons. The lowest BCUT2D eigenvalue weighted by atomic mass is 9.89. The molecule has 0 bridgehead atoms. The van der Waals surface area contributed by atoms with Crippen LogP contribution in [-0.2, 0) is 18.8 Å². The summed E-state index contributed by atoms with van der Waals surface area (Å²) in [6.45, 7) is 8.52. The molecule has 0 heterocycles. The van der Waals surface area contributed by atoms with E-state index in [0.717, 1.165) is 0 Å². The molecular formula is C18H29F10O5PS. The quantitative estimate of drug-likeness (QED) is 0.134. The monoisotopic (exact) mass is 578 g/mol. The Morgan fingerprint density at radius 3 is 1.80 bits per heavy atom. The Morgan fingerprint density at radius 1 is 0.914 bits per heavy atom. The van der Waals surface area contributed by atoms with Crippen LogP contribution in [0.4, 0.5) is 43.9 Å². The largest absolute Gasteiger partial charge is 0.462 e. The van der Waals surface area contributed by atoms with Crippen molar-refractivity contribution in [1.29, 1.82) is 0 Å². The molecule has 1 N–H and O–H groups in total. The summed E-state index contributed by atoms with van der Waals surface area (Å²) in [5.74, 6) is -7.72. The summed E-state index contributed by atoms with van der Waals surface area (Å²) < 4.78 is 154. The minimum atomic E-state index is -6.91. The van der Waals surface area contributed by atoms with Crippen LogP contribution >= 0.6 is 19.8 Å². The van der Waals surface area contributed by atoms with Crippen LogP contribution < -0.4 is 0 Å². The Bertz CT molecular complexity index is 720. The van der Waals surface area contributed by atoms with E-state index in [1.165, 1.54) is 13.8 Å². The maximum absolute atomic E-state index is 13.7. The lowest BCUT2D eigenvalue weighted by molar-refractivity contribution is -0.446. The normalized spacial score (nSPS) is 18.3. The Kier molecular flexibility index (Phi) is 11.5. The van der Waals surface area contributed by atoms with Gasteiger partial charge in [0, 0.05) is 5.75 Å². The second kappa shape index (κ2) is 11.6. The van der Waals surface area contributed by atoms with E-state index in [4.69, 9.17) is 9.47 Å². The third kappa shape index (κ3) is 8.62. The Balaban J connectivity index is 4.93. The summed E-state index contributed by atoms with van der Waals surface area (Å²) in [6, 6.07) is 0. The fourth-order valence-corrected chi connectivity index (χ4v) is 3.90. The van der Waals surface area contributed by atoms with Crippen LogP contribution in [0.15, 0.2) is 0 Å². The summed E-state index contributed by atoms with van der Waals surface area (Å²) in [7, 11) is -3.03. The van der Waals surface area contributed by atoms with Gasteiger partial charge in [-0.25, -0.2) is 4.39 Å². The van der Waals surface area contributed by atoms with Crippen molar-refractivity contribution < 1.29 is 67.6 Å². The molecule has 0 rings (SSSR count). The van der Waals surface area contributed by atoms with Gasteiger partial charge in [-0.2, -0.15) is 39.5 Å². The van der Waals surface area contributed by atoms with Gasteiger partial charge in [-0.1, -0.05) is 18.7 Å². The minimum absolute atomic E-state index is 0.195. The molecule has 0 radical (unpaired) electrons. The van der Waals surface area contributed by atoms with Crippen LogP contribution in [-0.4, -0.2) is 70.0 Å². The molecule has 3 atom stereocenters. The zero-order chi connectivity index (χ0) is 28.3. The van der Waals surface area contributed by atoms with E-state index >= 15 is 0 Å². The lowest BCUT2D eigenvalue weighted by Gasteiger charge is -2.43. The smallest absolute Gasteiger partial charge is 0.372 e. The van der Waals surface area contributed by atoms with Crippen LogP contribution in [0.5, 0.6) is 0 Å². The van der Waals surface area contributed by atoms with Crippen molar-refractivity contribution in [2.45, 2.75) is 94.1 Å². The highest BCUT2D eigenvalue weighted by Gasteiger charge is 2.76. The van der Waals surface area contributed by atoms with E-state index < -0.39 is 78.3 Å². The summed E-state index contributed by atoms with van der Waals surface area (Å²) in [6.07, 6.45) is -17.7. The number of hydrogen-bond acceptors (Lipinski definition) is 5. The molecule has 0 saturated carbocycles. The molecule has 0 fully saturated rings. The second-order valence-corrected chi connectivity index (χ2v) is 11.8. The number of halogens is 10. The van der Waals surface area contributed by atoms with Crippen molar-refractivity contribution in [3.05, 3.63) is 0 Å². The second-order valence-electron chi connectivity index (χ2n) is 8.83. The van der Waals surface area contributed by atoms with E-state index in [-0.39, 0.29) is 6.61 Å². The molecule has 0 aliphatic rings. The first-order valence-electron chi connectivity index (χ1n) is 9.97. The molecule has 0 aliphatic carbocycles. The first-order chi connectivity index (χ1) is 15.3. The number of alkyl halides is 10. The van der Waals surface area contributed by atoms with E-state index in [1.807, 2.05) is 0 Å². The number of thioether (sulfide) groups is 1. The first-order valence-corrected chi connectivity index (χ1v) is 12.3. The molecule has 0 aromatic heterocycles. The average molecular weight is 578 g/mol. The van der Waals surface area contributed by atoms with Crippen molar-refractivity contribution >= 4 is 19.8 Å². The highest BCUT2D eigenvalue weighted by Crippen LogP contribution is 2.50. The van der Waals surface area contributed by atoms with Gasteiger partial charge < -0.3 is 14.4 Å². The molecule has 5 nitrogen and oxygen atoms in total. The van der Waals surface area contributed by atoms with Crippen molar-refractivity contribution in [1.82, 2.24) is 0 Å². The van der Waals surface area contributed by atoms with Crippen molar-refractivity contribution in [3.63, 3.8) is 0 Å². The van der Waals surface area contributed by atoms with Gasteiger partial charge >= 0.3 is 23.5 Å². The predicted octanol–water partition coefficient (Wildman–Crippen LogP) is 6.64. The summed E-state index contributed by atoms with van der Waals surface area (Å²) in [5, 5.41) is -6.03. The topological polar surface area (TPSA) is 65.0 Å². The minimum Gasteiger partial charge on any atom is -0.372 e. The van der Waals surface area contributed by atoms with E-state index in [1.54, 1.807) is 27.7 Å². The Hall–Kier alpha value is -0.280. The van der Waals surface area contributed by atoms with Crippen molar-refractivity contribution in [2.75, 3.05) is 19.0 Å². The molecule has 0 saturated heterocycles. The molecule has 0 aliphatic heterocycles. The molecule has 3 unspecified atom stereocenters. The summed E-state index contributed by atoms with van der Waals surface area (Å²) >= 11 is -0.707. The average Bonchev–Trinajstić information content (AvgIpc) is 2.67. The van der Waals surface area contributed by atoms with Gasteiger partial charge in [0.25, 0.3) is 6.36 Å². The highest BCUT2D eigenvalue weighted by atomic mass is 32.2. The maximum Gasteiger partial charge on any atom is 0.462 e. The van der Waals surface area contributed by atoms with Crippen LogP contribution in [0.25, 0.3) is 0 Å². The van der Waals surface area contributed by atoms with Gasteiger partial charge in [0.05, 0.1) is 29.6 Å². The van der Waals surface area contributed by atoms with Crippen LogP contribution in [0.3, 0.4) is 0 Å². The third-order valence-corrected chi connectivity index (χ3v) is 8.24. The third-order valence-electron chi connectivity index (χ3n) is 5.40. The van der Waals surface area contributed by atoms with E-state index in [2.05, 4.69) is 4.74 Å². The van der Waals surface area contributed by atoms with Gasteiger partial charge in [0.2, 0.25) is 0 Å². The highest BCUT2D eigenvalue weighted by molar-refractivity contribution is 8.00. The van der Waals surface area contributed by atoms with Crippen molar-refractivity contribution in [3.8, 4) is 0 Å². The van der Waals surface area contributed by atoms with Gasteiger partial charge in [-0.3, -0.25) is 9.30 Å². The zero-order valence-electron chi connectivity index (χ0n) is 19.7. The first kappa shape index (κ1) is 34.7. The molecule has 0 aromatic carbocycles. The lowest BCUT2D eigenvalue weighted by Crippen LogP contribution is -2.55. The molecular weight excluding hydrogens is 549 g/mol. The maximum atomic E-state index is 13.7. The van der Waals surface area contributed by atoms with E-state index in [0.29, 0.717) is 6.42 Å². The standard InChI is InChI=1S/C18H29F10O5PS/c1-7-14(6,34(29)30)13(4,5)32-10-12(2,3)31-8-9-35-15(20,21)11(19)33-18(27,28)16(22,23)17(24,25)26/h11,34H,7-10H2,1-6H3,(H,29,30). The van der Waals surface area contributed by atoms with Gasteiger partial charge in [-0.15, -0.1) is 0 Å². The van der Waals surface area contributed by atoms with Crippen LogP contribution in [0.2, 0.25) is 0 Å². The summed E-state index contributed by atoms with van der Waals surface area (Å²) in [5.41, 5.74) is -2.29.